The van der Waals surface area contributed by atoms with Crippen molar-refractivity contribution in [3.05, 3.63) is 0 Å². The Morgan fingerprint density at radius 1 is 1.27 bits per heavy atom. The predicted molar refractivity (Wildman–Crippen MR) is 51.1 cm³/mol. The minimum atomic E-state index is 0.303. The molecule has 0 aromatic rings. The number of hydrogen-bond donors (Lipinski definition) is 0. The van der Waals surface area contributed by atoms with E-state index in [1.807, 2.05) is 25.9 Å². The molecule has 11 heavy (non-hydrogen) atoms. The van der Waals surface area contributed by atoms with E-state index >= 15 is 0 Å². The van der Waals surface area contributed by atoms with E-state index in [0.717, 1.165) is 12.4 Å². The topological polar surface area (TPSA) is 15.6 Å². The van der Waals surface area contributed by atoms with Gasteiger partial charge in [0, 0.05) is 20.6 Å². The predicted octanol–water partition coefficient (Wildman–Crippen LogP) is 2.01. The maximum absolute atomic E-state index is 4.44. The smallest absolute Gasteiger partial charge is 0.0952 e. The van der Waals surface area contributed by atoms with E-state index in [1.54, 1.807) is 0 Å². The highest BCUT2D eigenvalue weighted by atomic mass is 15.1. The summed E-state index contributed by atoms with van der Waals surface area (Å²) in [6.07, 6.45) is 0. The second kappa shape index (κ2) is 3.74. The first-order valence-corrected chi connectivity index (χ1v) is 4.01. The van der Waals surface area contributed by atoms with E-state index in [9.17, 15) is 0 Å². The van der Waals surface area contributed by atoms with E-state index in [2.05, 4.69) is 25.8 Å². The highest BCUT2D eigenvalue weighted by molar-refractivity contribution is 5.79. The first-order valence-electron chi connectivity index (χ1n) is 4.01. The molecule has 0 unspecified atom stereocenters. The Morgan fingerprint density at radius 3 is 2.00 bits per heavy atom. The van der Waals surface area contributed by atoms with Crippen LogP contribution < -0.4 is 0 Å². The summed E-state index contributed by atoms with van der Waals surface area (Å²) in [4.78, 5) is 6.47. The number of hydrogen-bond acceptors (Lipinski definition) is 1. The molecule has 0 saturated carbocycles. The molecule has 0 aromatic carbocycles. The first kappa shape index (κ1) is 10.5. The van der Waals surface area contributed by atoms with Gasteiger partial charge in [-0.3, -0.25) is 4.99 Å². The van der Waals surface area contributed by atoms with Crippen LogP contribution in [0.4, 0.5) is 0 Å². The molecule has 2 heteroatoms. The summed E-state index contributed by atoms with van der Waals surface area (Å²) in [5.41, 5.74) is 0.303. The van der Waals surface area contributed by atoms with Gasteiger partial charge in [0.25, 0.3) is 0 Å². The molecule has 0 atom stereocenters. The summed E-state index contributed by atoms with van der Waals surface area (Å²) in [6.45, 7) is 9.51. The van der Waals surface area contributed by atoms with E-state index in [1.165, 1.54) is 0 Å². The summed E-state index contributed by atoms with van der Waals surface area (Å²) in [5.74, 6) is 1.10. The second-order valence-electron chi connectivity index (χ2n) is 4.32. The molecule has 66 valence electrons. The third kappa shape index (κ3) is 5.89. The van der Waals surface area contributed by atoms with Crippen LogP contribution in [0.2, 0.25) is 0 Å². The molecule has 0 aliphatic carbocycles. The third-order valence-electron chi connectivity index (χ3n) is 1.43. The van der Waals surface area contributed by atoms with Gasteiger partial charge >= 0.3 is 0 Å². The zero-order chi connectivity index (χ0) is 9.07. The Kier molecular flexibility index (Phi) is 3.56. The van der Waals surface area contributed by atoms with Gasteiger partial charge < -0.3 is 4.90 Å². The minimum absolute atomic E-state index is 0.303. The zero-order valence-electron chi connectivity index (χ0n) is 8.60. The highest BCUT2D eigenvalue weighted by Gasteiger charge is 2.08. The lowest BCUT2D eigenvalue weighted by molar-refractivity contribution is 0.426. The molecule has 0 rings (SSSR count). The van der Waals surface area contributed by atoms with Crippen LogP contribution in [-0.2, 0) is 0 Å². The van der Waals surface area contributed by atoms with Gasteiger partial charge in [-0.15, -0.1) is 0 Å². The maximum Gasteiger partial charge on any atom is 0.0952 e. The van der Waals surface area contributed by atoms with Crippen LogP contribution >= 0.6 is 0 Å². The molecular formula is C9H20N2. The van der Waals surface area contributed by atoms with Gasteiger partial charge in [0.15, 0.2) is 0 Å². The standard InChI is InChI=1S/C9H20N2/c1-8(11(5)6)10-7-9(2,3)4/h7H2,1-6H3. The molecule has 0 saturated heterocycles. The van der Waals surface area contributed by atoms with Crippen molar-refractivity contribution in [3.8, 4) is 0 Å². The van der Waals surface area contributed by atoms with Gasteiger partial charge in [-0.2, -0.15) is 0 Å². The van der Waals surface area contributed by atoms with Crippen LogP contribution in [0, 0.1) is 5.41 Å². The Morgan fingerprint density at radius 2 is 1.73 bits per heavy atom. The van der Waals surface area contributed by atoms with Crippen molar-refractivity contribution in [3.63, 3.8) is 0 Å². The highest BCUT2D eigenvalue weighted by Crippen LogP contribution is 2.12. The van der Waals surface area contributed by atoms with Gasteiger partial charge in [0.2, 0.25) is 0 Å². The number of aliphatic imine (C=N–C) groups is 1. The monoisotopic (exact) mass is 156 g/mol. The van der Waals surface area contributed by atoms with Crippen LogP contribution in [0.15, 0.2) is 4.99 Å². The van der Waals surface area contributed by atoms with Crippen LogP contribution in [0.3, 0.4) is 0 Å². The molecule has 2 nitrogen and oxygen atoms in total. The fourth-order valence-corrected chi connectivity index (χ4v) is 0.493. The molecule has 0 N–H and O–H groups in total. The van der Waals surface area contributed by atoms with Crippen molar-refractivity contribution in [2.24, 2.45) is 10.4 Å². The van der Waals surface area contributed by atoms with Crippen LogP contribution in [0.1, 0.15) is 27.7 Å². The van der Waals surface area contributed by atoms with Gasteiger partial charge in [0.05, 0.1) is 5.84 Å². The van der Waals surface area contributed by atoms with Gasteiger partial charge in [0.1, 0.15) is 0 Å². The average molecular weight is 156 g/mol. The Balaban J connectivity index is 3.93. The lowest BCUT2D eigenvalue weighted by Gasteiger charge is -2.17. The summed E-state index contributed by atoms with van der Waals surface area (Å²) < 4.78 is 0. The quantitative estimate of drug-likeness (QED) is 0.419. The van der Waals surface area contributed by atoms with Crippen LogP contribution in [0.25, 0.3) is 0 Å². The van der Waals surface area contributed by atoms with Crippen molar-refractivity contribution < 1.29 is 0 Å². The molecule has 0 aromatic heterocycles. The largest absolute Gasteiger partial charge is 0.367 e. The summed E-state index contributed by atoms with van der Waals surface area (Å²) >= 11 is 0. The fraction of sp³-hybridized carbons (Fsp3) is 0.889. The molecule has 0 heterocycles. The van der Waals surface area contributed by atoms with Crippen molar-refractivity contribution in [2.45, 2.75) is 27.7 Å². The summed E-state index contributed by atoms with van der Waals surface area (Å²) in [5, 5.41) is 0. The fourth-order valence-electron chi connectivity index (χ4n) is 0.493. The van der Waals surface area contributed by atoms with E-state index < -0.39 is 0 Å². The van der Waals surface area contributed by atoms with Gasteiger partial charge in [-0.05, 0) is 12.3 Å². The number of nitrogens with zero attached hydrogens (tertiary/aromatic N) is 2. The van der Waals surface area contributed by atoms with Crippen LogP contribution in [-0.4, -0.2) is 31.4 Å². The SMILES string of the molecule is CC(=NCC(C)(C)C)N(C)C. The van der Waals surface area contributed by atoms with Crippen molar-refractivity contribution in [2.75, 3.05) is 20.6 Å². The maximum atomic E-state index is 4.44. The van der Waals surface area contributed by atoms with Crippen LogP contribution in [0.5, 0.6) is 0 Å². The van der Waals surface area contributed by atoms with Crippen molar-refractivity contribution >= 4 is 5.84 Å². The third-order valence-corrected chi connectivity index (χ3v) is 1.43. The molecule has 0 fully saturated rings. The molecule has 0 bridgehead atoms. The molecule has 0 aliphatic rings. The van der Waals surface area contributed by atoms with Crippen molar-refractivity contribution in [1.82, 2.24) is 4.90 Å². The average Bonchev–Trinajstić information content (AvgIpc) is 1.80. The lowest BCUT2D eigenvalue weighted by atomic mass is 9.97. The van der Waals surface area contributed by atoms with E-state index in [0.29, 0.717) is 5.41 Å². The van der Waals surface area contributed by atoms with Gasteiger partial charge in [-0.25, -0.2) is 0 Å². The van der Waals surface area contributed by atoms with E-state index in [-0.39, 0.29) is 0 Å². The summed E-state index contributed by atoms with van der Waals surface area (Å²) in [7, 11) is 4.03. The summed E-state index contributed by atoms with van der Waals surface area (Å²) in [6, 6.07) is 0. The molecule has 0 radical (unpaired) electrons. The first-order chi connectivity index (χ1) is 4.83. The van der Waals surface area contributed by atoms with Gasteiger partial charge in [-0.1, -0.05) is 20.8 Å². The number of amidine groups is 1. The lowest BCUT2D eigenvalue weighted by Crippen LogP contribution is -2.21. The molecule has 0 amide bonds. The number of rotatable bonds is 1. The van der Waals surface area contributed by atoms with E-state index in [4.69, 9.17) is 0 Å². The minimum Gasteiger partial charge on any atom is -0.367 e. The normalized spacial score (nSPS) is 13.5. The Hall–Kier alpha value is -0.530. The molecule has 0 aliphatic heterocycles. The Labute approximate surface area is 70.3 Å². The zero-order valence-corrected chi connectivity index (χ0v) is 8.60. The second-order valence-corrected chi connectivity index (χ2v) is 4.32. The molecule has 0 spiro atoms. The Bertz CT molecular complexity index is 140. The van der Waals surface area contributed by atoms with Crippen molar-refractivity contribution in [1.29, 1.82) is 0 Å². The molecular weight excluding hydrogens is 136 g/mol.